The number of carbonyl (C=O) groups excluding carboxylic acids is 2. The van der Waals surface area contributed by atoms with E-state index in [1.54, 1.807) is 7.05 Å². The predicted molar refractivity (Wildman–Crippen MR) is 138 cm³/mol. The van der Waals surface area contributed by atoms with Gasteiger partial charge in [-0.3, -0.25) is 9.78 Å². The van der Waals surface area contributed by atoms with Crippen molar-refractivity contribution in [2.45, 2.75) is 18.9 Å². The standard InChI is InChI=1S/C25H23ClF2N6O4/c1-30-11-13(10-29)32-24(35)15-7-14-17(9-20(15)37-2)31-6-5-19(14)38-23-16(27)8-18(21(26)22(23)28)34-25(36)33-12-3-4-12/h5-12,29-30H,3-4H2,1-2H3,(H,32,35)(H2,33,34,36)/b13-11+,29-10?. The number of urea groups is 1. The minimum absolute atomic E-state index is 0.0224. The zero-order chi connectivity index (χ0) is 27.4. The second-order valence-electron chi connectivity index (χ2n) is 8.20. The number of nitrogens with one attached hydrogen (secondary N) is 5. The Bertz CT molecular complexity index is 1460. The number of hydrogen-bond acceptors (Lipinski definition) is 7. The lowest BCUT2D eigenvalue weighted by molar-refractivity contribution is 0.0965. The van der Waals surface area contributed by atoms with E-state index >= 15 is 4.39 Å². The zero-order valence-corrected chi connectivity index (χ0v) is 21.0. The zero-order valence-electron chi connectivity index (χ0n) is 20.2. The van der Waals surface area contributed by atoms with Gasteiger partial charge in [0.05, 0.1) is 29.6 Å². The van der Waals surface area contributed by atoms with Crippen LogP contribution in [0.25, 0.3) is 10.9 Å². The van der Waals surface area contributed by atoms with Crippen LogP contribution in [0.15, 0.2) is 42.4 Å². The molecule has 3 aromatic rings. The number of pyridine rings is 1. The molecule has 1 saturated carbocycles. The number of hydrogen-bond donors (Lipinski definition) is 5. The molecule has 3 amide bonds. The van der Waals surface area contributed by atoms with Gasteiger partial charge in [0.2, 0.25) is 0 Å². The molecule has 198 valence electrons. The van der Waals surface area contributed by atoms with Gasteiger partial charge in [0, 0.05) is 49.2 Å². The van der Waals surface area contributed by atoms with Gasteiger partial charge in [0.1, 0.15) is 16.5 Å². The van der Waals surface area contributed by atoms with E-state index in [-0.39, 0.29) is 39.9 Å². The van der Waals surface area contributed by atoms with E-state index in [0.717, 1.165) is 25.1 Å². The van der Waals surface area contributed by atoms with Crippen LogP contribution >= 0.6 is 11.6 Å². The van der Waals surface area contributed by atoms with E-state index in [1.807, 2.05) is 0 Å². The number of anilines is 1. The highest BCUT2D eigenvalue weighted by molar-refractivity contribution is 6.34. The quantitative estimate of drug-likeness (QED) is 0.196. The van der Waals surface area contributed by atoms with Crippen molar-refractivity contribution in [1.82, 2.24) is 20.9 Å². The summed E-state index contributed by atoms with van der Waals surface area (Å²) < 4.78 is 41.0. The molecular weight excluding hydrogens is 522 g/mol. The molecule has 0 unspecified atom stereocenters. The van der Waals surface area contributed by atoms with Gasteiger partial charge in [-0.15, -0.1) is 0 Å². The van der Waals surface area contributed by atoms with Crippen LogP contribution in [0.2, 0.25) is 5.02 Å². The van der Waals surface area contributed by atoms with Gasteiger partial charge in [-0.1, -0.05) is 11.6 Å². The normalized spacial score (nSPS) is 13.0. The lowest BCUT2D eigenvalue weighted by Crippen LogP contribution is -2.30. The molecule has 0 spiro atoms. The molecule has 4 rings (SSSR count). The topological polar surface area (TPSA) is 137 Å². The number of fused-ring (bicyclic) bond motifs is 1. The Morgan fingerprint density at radius 1 is 1.21 bits per heavy atom. The Morgan fingerprint density at radius 3 is 2.63 bits per heavy atom. The second kappa shape index (κ2) is 11.3. The molecule has 1 fully saturated rings. The minimum Gasteiger partial charge on any atom is -0.496 e. The largest absolute Gasteiger partial charge is 0.496 e. The Balaban J connectivity index is 1.69. The van der Waals surface area contributed by atoms with Crippen LogP contribution in [-0.2, 0) is 0 Å². The lowest BCUT2D eigenvalue weighted by atomic mass is 10.1. The van der Waals surface area contributed by atoms with Crippen molar-refractivity contribution < 1.29 is 27.8 Å². The van der Waals surface area contributed by atoms with Crippen molar-refractivity contribution in [3.63, 3.8) is 0 Å². The molecule has 5 N–H and O–H groups in total. The summed E-state index contributed by atoms with van der Waals surface area (Å²) in [6, 6.07) is 4.48. The predicted octanol–water partition coefficient (Wildman–Crippen LogP) is 4.69. The fourth-order valence-corrected chi connectivity index (χ4v) is 3.68. The molecule has 10 nitrogen and oxygen atoms in total. The highest BCUT2D eigenvalue weighted by atomic mass is 35.5. The molecule has 1 aromatic heterocycles. The molecule has 1 aliphatic rings. The third-order valence-electron chi connectivity index (χ3n) is 5.47. The Hall–Kier alpha value is -4.45. The number of halogens is 3. The van der Waals surface area contributed by atoms with Crippen molar-refractivity contribution in [3.05, 3.63) is 64.6 Å². The fraction of sp³-hybridized carbons (Fsp3) is 0.200. The maximum Gasteiger partial charge on any atom is 0.319 e. The van der Waals surface area contributed by atoms with Crippen LogP contribution in [0, 0.1) is 17.0 Å². The van der Waals surface area contributed by atoms with E-state index in [2.05, 4.69) is 26.3 Å². The second-order valence-corrected chi connectivity index (χ2v) is 8.58. The first-order chi connectivity index (χ1) is 18.2. The number of rotatable bonds is 9. The maximum atomic E-state index is 15.1. The number of carbonyl (C=O) groups is 2. The molecule has 0 saturated heterocycles. The summed E-state index contributed by atoms with van der Waals surface area (Å²) in [5.41, 5.74) is 0.297. The van der Waals surface area contributed by atoms with E-state index in [9.17, 15) is 14.0 Å². The third kappa shape index (κ3) is 5.75. The summed E-state index contributed by atoms with van der Waals surface area (Å²) in [4.78, 5) is 29.1. The summed E-state index contributed by atoms with van der Waals surface area (Å²) >= 11 is 6.07. The molecule has 38 heavy (non-hydrogen) atoms. The van der Waals surface area contributed by atoms with Crippen molar-refractivity contribution in [2.75, 3.05) is 19.5 Å². The van der Waals surface area contributed by atoms with E-state index in [0.29, 0.717) is 5.52 Å². The lowest BCUT2D eigenvalue weighted by Gasteiger charge is -2.15. The SMILES string of the molecule is CN/C=C(\C=N)NC(=O)c1cc2c(Oc3c(F)cc(NC(=O)NC4CC4)c(Cl)c3F)ccnc2cc1OC. The number of allylic oxidation sites excluding steroid dienone is 1. The first-order valence-electron chi connectivity index (χ1n) is 11.3. The van der Waals surface area contributed by atoms with Crippen LogP contribution in [0.4, 0.5) is 19.3 Å². The maximum absolute atomic E-state index is 15.1. The van der Waals surface area contributed by atoms with Gasteiger partial charge in [-0.2, -0.15) is 0 Å². The van der Waals surface area contributed by atoms with Crippen molar-refractivity contribution in [1.29, 1.82) is 5.41 Å². The van der Waals surface area contributed by atoms with Crippen molar-refractivity contribution >= 4 is 46.3 Å². The first-order valence-corrected chi connectivity index (χ1v) is 11.7. The third-order valence-corrected chi connectivity index (χ3v) is 5.84. The summed E-state index contributed by atoms with van der Waals surface area (Å²) in [5, 5.41) is 17.4. The summed E-state index contributed by atoms with van der Waals surface area (Å²) in [6.07, 6.45) is 5.39. The van der Waals surface area contributed by atoms with Crippen LogP contribution in [-0.4, -0.2) is 43.3 Å². The smallest absolute Gasteiger partial charge is 0.319 e. The van der Waals surface area contributed by atoms with E-state index in [1.165, 1.54) is 37.7 Å². The van der Waals surface area contributed by atoms with Gasteiger partial charge in [-0.25, -0.2) is 13.6 Å². The molecule has 0 atom stereocenters. The minimum atomic E-state index is -1.22. The first kappa shape index (κ1) is 26.6. The van der Waals surface area contributed by atoms with Gasteiger partial charge < -0.3 is 36.2 Å². The molecule has 0 radical (unpaired) electrons. The van der Waals surface area contributed by atoms with Gasteiger partial charge in [-0.05, 0) is 25.0 Å². The Labute approximate surface area is 220 Å². The molecule has 0 bridgehead atoms. The molecule has 1 heterocycles. The van der Waals surface area contributed by atoms with Crippen LogP contribution in [0.3, 0.4) is 0 Å². The average molecular weight is 545 g/mol. The summed E-state index contributed by atoms with van der Waals surface area (Å²) in [6.45, 7) is 0. The Morgan fingerprint density at radius 2 is 1.97 bits per heavy atom. The van der Waals surface area contributed by atoms with Gasteiger partial charge in [0.15, 0.2) is 17.4 Å². The molecule has 2 aromatic carbocycles. The molecule has 13 heteroatoms. The molecular formula is C25H23ClF2N6O4. The number of amides is 3. The van der Waals surface area contributed by atoms with Crippen molar-refractivity contribution in [3.8, 4) is 17.2 Å². The highest BCUT2D eigenvalue weighted by Gasteiger charge is 2.26. The van der Waals surface area contributed by atoms with E-state index in [4.69, 9.17) is 26.5 Å². The molecule has 0 aliphatic heterocycles. The van der Waals surface area contributed by atoms with Crippen molar-refractivity contribution in [2.24, 2.45) is 0 Å². The monoisotopic (exact) mass is 544 g/mol. The summed E-state index contributed by atoms with van der Waals surface area (Å²) in [7, 11) is 2.98. The number of nitrogens with zero attached hydrogens (tertiary/aromatic N) is 1. The van der Waals surface area contributed by atoms with E-state index < -0.39 is 34.3 Å². The Kier molecular flexibility index (Phi) is 7.91. The van der Waals surface area contributed by atoms with Gasteiger partial charge >= 0.3 is 6.03 Å². The number of benzene rings is 2. The number of aromatic nitrogens is 1. The number of ether oxygens (including phenoxy) is 2. The van der Waals surface area contributed by atoms with Crippen LogP contribution in [0.1, 0.15) is 23.2 Å². The van der Waals surface area contributed by atoms with Crippen LogP contribution < -0.4 is 30.7 Å². The fourth-order valence-electron chi connectivity index (χ4n) is 3.50. The highest BCUT2D eigenvalue weighted by Crippen LogP contribution is 2.39. The van der Waals surface area contributed by atoms with Crippen LogP contribution in [0.5, 0.6) is 17.2 Å². The molecule has 1 aliphatic carbocycles. The summed E-state index contributed by atoms with van der Waals surface area (Å²) in [5.74, 6) is -3.60. The average Bonchev–Trinajstić information content (AvgIpc) is 3.72. The number of methoxy groups -OCH3 is 1. The van der Waals surface area contributed by atoms with Gasteiger partial charge in [0.25, 0.3) is 5.91 Å².